The molecule has 2 aliphatic rings. The second kappa shape index (κ2) is 5.96. The van der Waals surface area contributed by atoms with Gasteiger partial charge in [0.15, 0.2) is 11.5 Å². The van der Waals surface area contributed by atoms with E-state index in [1.807, 2.05) is 4.90 Å². The Bertz CT molecular complexity index is 527. The quantitative estimate of drug-likeness (QED) is 0.909. The topological polar surface area (TPSA) is 49.8 Å². The summed E-state index contributed by atoms with van der Waals surface area (Å²) in [5, 5.41) is 9.88. The highest BCUT2D eigenvalue weighted by atomic mass is 16.5. The first kappa shape index (κ1) is 14.2. The van der Waals surface area contributed by atoms with Gasteiger partial charge in [0.05, 0.1) is 7.11 Å². The van der Waals surface area contributed by atoms with Crippen molar-refractivity contribution in [1.82, 2.24) is 4.90 Å². The van der Waals surface area contributed by atoms with Gasteiger partial charge in [0.1, 0.15) is 0 Å². The lowest BCUT2D eigenvalue weighted by molar-refractivity contribution is 0.0390. The van der Waals surface area contributed by atoms with Crippen molar-refractivity contribution in [3.8, 4) is 11.5 Å². The first-order valence-electron chi connectivity index (χ1n) is 7.88. The SMILES string of the molecule is COc1ccc(C(=O)N2CCC[C@H]3CCCC[C@H]32)cc1O. The number of benzene rings is 1. The molecule has 0 bridgehead atoms. The van der Waals surface area contributed by atoms with Crippen LogP contribution in [-0.4, -0.2) is 35.6 Å². The average molecular weight is 289 g/mol. The van der Waals surface area contributed by atoms with Gasteiger partial charge in [0.25, 0.3) is 5.91 Å². The van der Waals surface area contributed by atoms with Crippen LogP contribution in [0.1, 0.15) is 48.9 Å². The zero-order valence-corrected chi connectivity index (χ0v) is 12.5. The molecular formula is C17H23NO3. The Morgan fingerprint density at radius 2 is 2.00 bits per heavy atom. The van der Waals surface area contributed by atoms with E-state index in [1.165, 1.54) is 38.9 Å². The van der Waals surface area contributed by atoms with Crippen molar-refractivity contribution in [3.05, 3.63) is 23.8 Å². The number of nitrogens with zero attached hydrogens (tertiary/aromatic N) is 1. The molecule has 1 saturated carbocycles. The first-order valence-corrected chi connectivity index (χ1v) is 7.88. The minimum Gasteiger partial charge on any atom is -0.504 e. The molecule has 1 aromatic carbocycles. The average Bonchev–Trinajstić information content (AvgIpc) is 2.53. The summed E-state index contributed by atoms with van der Waals surface area (Å²) in [6.07, 6.45) is 7.24. The fourth-order valence-corrected chi connectivity index (χ4v) is 3.87. The molecule has 0 spiro atoms. The molecule has 4 nitrogen and oxygen atoms in total. The predicted octanol–water partition coefficient (Wildman–Crippen LogP) is 3.20. The number of methoxy groups -OCH3 is 1. The summed E-state index contributed by atoms with van der Waals surface area (Å²) in [7, 11) is 1.51. The number of phenols is 1. The van der Waals surface area contributed by atoms with Gasteiger partial charge in [-0.2, -0.15) is 0 Å². The van der Waals surface area contributed by atoms with E-state index in [0.717, 1.165) is 19.4 Å². The maximum absolute atomic E-state index is 12.8. The number of likely N-dealkylation sites (tertiary alicyclic amines) is 1. The number of aromatic hydroxyl groups is 1. The highest BCUT2D eigenvalue weighted by Gasteiger charge is 2.36. The molecule has 1 N–H and O–H groups in total. The molecule has 114 valence electrons. The summed E-state index contributed by atoms with van der Waals surface area (Å²) in [4.78, 5) is 14.8. The van der Waals surface area contributed by atoms with Crippen LogP contribution in [0, 0.1) is 5.92 Å². The fourth-order valence-electron chi connectivity index (χ4n) is 3.87. The van der Waals surface area contributed by atoms with Crippen LogP contribution < -0.4 is 4.74 Å². The van der Waals surface area contributed by atoms with Crippen molar-refractivity contribution in [3.63, 3.8) is 0 Å². The summed E-state index contributed by atoms with van der Waals surface area (Å²) >= 11 is 0. The minimum absolute atomic E-state index is 0.0283. The van der Waals surface area contributed by atoms with Crippen LogP contribution in [0.2, 0.25) is 0 Å². The van der Waals surface area contributed by atoms with Crippen LogP contribution in [0.15, 0.2) is 18.2 Å². The number of carbonyl (C=O) groups excluding carboxylic acids is 1. The van der Waals surface area contributed by atoms with Gasteiger partial charge in [0, 0.05) is 18.2 Å². The van der Waals surface area contributed by atoms with Gasteiger partial charge in [-0.25, -0.2) is 0 Å². The van der Waals surface area contributed by atoms with E-state index in [4.69, 9.17) is 4.74 Å². The van der Waals surface area contributed by atoms with Crippen LogP contribution in [0.4, 0.5) is 0 Å². The van der Waals surface area contributed by atoms with E-state index in [0.29, 0.717) is 23.3 Å². The Morgan fingerprint density at radius 3 is 2.76 bits per heavy atom. The molecule has 1 heterocycles. The van der Waals surface area contributed by atoms with Crippen LogP contribution in [-0.2, 0) is 0 Å². The van der Waals surface area contributed by atoms with Gasteiger partial charge >= 0.3 is 0 Å². The fraction of sp³-hybridized carbons (Fsp3) is 0.588. The van der Waals surface area contributed by atoms with Crippen molar-refractivity contribution >= 4 is 5.91 Å². The number of ether oxygens (including phenoxy) is 1. The predicted molar refractivity (Wildman–Crippen MR) is 80.7 cm³/mol. The summed E-state index contributed by atoms with van der Waals surface area (Å²) in [6, 6.07) is 5.32. The molecule has 1 amide bonds. The number of hydrogen-bond donors (Lipinski definition) is 1. The highest BCUT2D eigenvalue weighted by Crippen LogP contribution is 2.36. The van der Waals surface area contributed by atoms with Crippen LogP contribution in [0.5, 0.6) is 11.5 Å². The van der Waals surface area contributed by atoms with E-state index in [2.05, 4.69) is 0 Å². The van der Waals surface area contributed by atoms with Gasteiger partial charge in [-0.1, -0.05) is 12.8 Å². The van der Waals surface area contributed by atoms with Gasteiger partial charge < -0.3 is 14.7 Å². The van der Waals surface area contributed by atoms with Gasteiger partial charge in [-0.3, -0.25) is 4.79 Å². The summed E-state index contributed by atoms with van der Waals surface area (Å²) in [5.74, 6) is 1.15. The lowest BCUT2D eigenvalue weighted by Crippen LogP contribution is -2.49. The van der Waals surface area contributed by atoms with Crippen molar-refractivity contribution in [2.75, 3.05) is 13.7 Å². The lowest BCUT2D eigenvalue weighted by atomic mass is 9.78. The lowest BCUT2D eigenvalue weighted by Gasteiger charge is -2.44. The molecule has 2 atom stereocenters. The Labute approximate surface area is 125 Å². The second-order valence-electron chi connectivity index (χ2n) is 6.14. The highest BCUT2D eigenvalue weighted by molar-refractivity contribution is 5.95. The van der Waals surface area contributed by atoms with E-state index in [1.54, 1.807) is 12.1 Å². The van der Waals surface area contributed by atoms with E-state index in [9.17, 15) is 9.90 Å². The van der Waals surface area contributed by atoms with Crippen molar-refractivity contribution in [2.45, 2.75) is 44.6 Å². The molecule has 0 aromatic heterocycles. The van der Waals surface area contributed by atoms with Crippen molar-refractivity contribution < 1.29 is 14.6 Å². The Morgan fingerprint density at radius 1 is 1.24 bits per heavy atom. The zero-order chi connectivity index (χ0) is 14.8. The molecule has 1 aromatic rings. The molecule has 3 rings (SSSR count). The molecule has 1 aliphatic heterocycles. The zero-order valence-electron chi connectivity index (χ0n) is 12.5. The number of rotatable bonds is 2. The number of piperidine rings is 1. The normalized spacial score (nSPS) is 25.3. The number of fused-ring (bicyclic) bond motifs is 1. The molecule has 0 radical (unpaired) electrons. The van der Waals surface area contributed by atoms with Gasteiger partial charge in [-0.15, -0.1) is 0 Å². The van der Waals surface area contributed by atoms with E-state index >= 15 is 0 Å². The van der Waals surface area contributed by atoms with Crippen molar-refractivity contribution in [1.29, 1.82) is 0 Å². The number of hydrogen-bond acceptors (Lipinski definition) is 3. The first-order chi connectivity index (χ1) is 10.2. The van der Waals surface area contributed by atoms with Gasteiger partial charge in [-0.05, 0) is 49.8 Å². The summed E-state index contributed by atoms with van der Waals surface area (Å²) < 4.78 is 5.04. The molecule has 0 unspecified atom stereocenters. The Kier molecular flexibility index (Phi) is 4.04. The standard InChI is InChI=1S/C17H23NO3/c1-21-16-9-8-13(11-15(16)19)17(20)18-10-4-6-12-5-2-3-7-14(12)18/h8-9,11-12,14,19H,2-7,10H2,1H3/t12-,14-/m1/s1. The third-order valence-electron chi connectivity index (χ3n) is 4.93. The molecule has 1 saturated heterocycles. The monoisotopic (exact) mass is 289 g/mol. The summed E-state index contributed by atoms with van der Waals surface area (Å²) in [5.41, 5.74) is 0.555. The second-order valence-corrected chi connectivity index (χ2v) is 6.14. The molecule has 2 fully saturated rings. The molecule has 21 heavy (non-hydrogen) atoms. The molecule has 1 aliphatic carbocycles. The largest absolute Gasteiger partial charge is 0.504 e. The third kappa shape index (κ3) is 2.71. The number of phenolic OH excluding ortho intramolecular Hbond substituents is 1. The maximum Gasteiger partial charge on any atom is 0.254 e. The molecular weight excluding hydrogens is 266 g/mol. The Hall–Kier alpha value is -1.71. The van der Waals surface area contributed by atoms with Crippen LogP contribution in [0.25, 0.3) is 0 Å². The maximum atomic E-state index is 12.8. The Balaban J connectivity index is 1.81. The minimum atomic E-state index is 0.0283. The van der Waals surface area contributed by atoms with Crippen LogP contribution >= 0.6 is 0 Å². The van der Waals surface area contributed by atoms with Crippen LogP contribution in [0.3, 0.4) is 0 Å². The number of carbonyl (C=O) groups is 1. The third-order valence-corrected chi connectivity index (χ3v) is 4.93. The van der Waals surface area contributed by atoms with E-state index < -0.39 is 0 Å². The molecule has 4 heteroatoms. The smallest absolute Gasteiger partial charge is 0.254 e. The van der Waals surface area contributed by atoms with E-state index in [-0.39, 0.29) is 11.7 Å². The van der Waals surface area contributed by atoms with Gasteiger partial charge in [0.2, 0.25) is 0 Å². The van der Waals surface area contributed by atoms with Crippen molar-refractivity contribution in [2.24, 2.45) is 5.92 Å². The summed E-state index contributed by atoms with van der Waals surface area (Å²) in [6.45, 7) is 0.840. The number of amides is 1.